The van der Waals surface area contributed by atoms with E-state index in [0.717, 1.165) is 30.8 Å². The first-order valence-corrected chi connectivity index (χ1v) is 5.92. The summed E-state index contributed by atoms with van der Waals surface area (Å²) in [6.45, 7) is 2.64. The molecule has 17 heavy (non-hydrogen) atoms. The summed E-state index contributed by atoms with van der Waals surface area (Å²) in [6.07, 6.45) is 4.08. The van der Waals surface area contributed by atoms with E-state index in [1.807, 2.05) is 25.3 Å². The van der Waals surface area contributed by atoms with E-state index in [1.165, 1.54) is 11.3 Å². The molecule has 1 unspecified atom stereocenters. The van der Waals surface area contributed by atoms with Crippen molar-refractivity contribution in [3.8, 4) is 0 Å². The average molecular weight is 229 g/mol. The fraction of sp³-hybridized carbons (Fsp3) is 0.385. The molecule has 0 saturated carbocycles. The Morgan fingerprint density at radius 3 is 3.29 bits per heavy atom. The number of pyridine rings is 1. The fourth-order valence-corrected chi connectivity index (χ4v) is 2.34. The van der Waals surface area contributed by atoms with Crippen molar-refractivity contribution < 1.29 is 4.52 Å². The van der Waals surface area contributed by atoms with E-state index in [-0.39, 0.29) is 0 Å². The summed E-state index contributed by atoms with van der Waals surface area (Å²) in [5.41, 5.74) is 3.50. The van der Waals surface area contributed by atoms with Gasteiger partial charge in [-0.1, -0.05) is 11.2 Å². The van der Waals surface area contributed by atoms with Crippen LogP contribution in [0.5, 0.6) is 0 Å². The van der Waals surface area contributed by atoms with Crippen LogP contribution in [0.4, 0.5) is 0 Å². The van der Waals surface area contributed by atoms with E-state index in [2.05, 4.69) is 21.5 Å². The highest BCUT2D eigenvalue weighted by molar-refractivity contribution is 5.27. The molecule has 0 saturated heterocycles. The van der Waals surface area contributed by atoms with Gasteiger partial charge in [-0.2, -0.15) is 0 Å². The number of aromatic nitrogens is 2. The molecule has 1 aliphatic carbocycles. The third-order valence-electron chi connectivity index (χ3n) is 3.16. The van der Waals surface area contributed by atoms with Crippen LogP contribution in [0.3, 0.4) is 0 Å². The van der Waals surface area contributed by atoms with Gasteiger partial charge in [0.05, 0.1) is 17.4 Å². The average Bonchev–Trinajstić information content (AvgIpc) is 2.93. The first kappa shape index (κ1) is 10.5. The van der Waals surface area contributed by atoms with Crippen molar-refractivity contribution in [3.05, 3.63) is 47.1 Å². The lowest BCUT2D eigenvalue weighted by Crippen LogP contribution is -2.19. The van der Waals surface area contributed by atoms with Crippen LogP contribution in [0.2, 0.25) is 0 Å². The number of aryl methyl sites for hydroxylation is 2. The van der Waals surface area contributed by atoms with E-state index < -0.39 is 0 Å². The third-order valence-corrected chi connectivity index (χ3v) is 3.16. The van der Waals surface area contributed by atoms with Gasteiger partial charge in [-0.3, -0.25) is 4.98 Å². The summed E-state index contributed by atoms with van der Waals surface area (Å²) in [6, 6.07) is 6.47. The number of rotatable bonds is 3. The number of hydrogen-bond acceptors (Lipinski definition) is 4. The number of nitrogens with zero attached hydrogens (tertiary/aromatic N) is 2. The van der Waals surface area contributed by atoms with Crippen molar-refractivity contribution >= 4 is 0 Å². The molecule has 2 heterocycles. The van der Waals surface area contributed by atoms with Crippen LogP contribution >= 0.6 is 0 Å². The van der Waals surface area contributed by atoms with E-state index in [4.69, 9.17) is 4.52 Å². The lowest BCUT2D eigenvalue weighted by molar-refractivity contribution is 0.385. The minimum Gasteiger partial charge on any atom is -0.361 e. The Bertz CT molecular complexity index is 521. The minimum absolute atomic E-state index is 0.350. The Kier molecular flexibility index (Phi) is 2.65. The van der Waals surface area contributed by atoms with Gasteiger partial charge in [-0.25, -0.2) is 0 Å². The smallest absolute Gasteiger partial charge is 0.133 e. The Morgan fingerprint density at radius 2 is 2.47 bits per heavy atom. The zero-order valence-corrected chi connectivity index (χ0v) is 9.81. The van der Waals surface area contributed by atoms with Gasteiger partial charge in [0.1, 0.15) is 5.76 Å². The Morgan fingerprint density at radius 1 is 1.53 bits per heavy atom. The van der Waals surface area contributed by atoms with Crippen molar-refractivity contribution in [1.82, 2.24) is 15.5 Å². The predicted octanol–water partition coefficient (Wildman–Crippen LogP) is 2.16. The lowest BCUT2D eigenvalue weighted by Gasteiger charge is -2.11. The summed E-state index contributed by atoms with van der Waals surface area (Å²) in [5.74, 6) is 0.853. The van der Waals surface area contributed by atoms with Crippen molar-refractivity contribution in [2.24, 2.45) is 0 Å². The molecular formula is C13H15N3O. The monoisotopic (exact) mass is 229 g/mol. The van der Waals surface area contributed by atoms with Gasteiger partial charge in [0.15, 0.2) is 0 Å². The molecule has 88 valence electrons. The van der Waals surface area contributed by atoms with E-state index >= 15 is 0 Å². The Labute approximate surface area is 100 Å². The number of nitrogens with one attached hydrogen (secondary N) is 1. The van der Waals surface area contributed by atoms with Gasteiger partial charge in [-0.05, 0) is 31.4 Å². The molecule has 0 fully saturated rings. The van der Waals surface area contributed by atoms with E-state index in [1.54, 1.807) is 0 Å². The molecule has 0 radical (unpaired) electrons. The summed E-state index contributed by atoms with van der Waals surface area (Å²) in [4.78, 5) is 4.45. The van der Waals surface area contributed by atoms with Crippen LogP contribution in [0.15, 0.2) is 28.9 Å². The minimum atomic E-state index is 0.350. The molecule has 0 spiro atoms. The molecule has 0 aromatic carbocycles. The van der Waals surface area contributed by atoms with Gasteiger partial charge in [0.2, 0.25) is 0 Å². The quantitative estimate of drug-likeness (QED) is 0.876. The van der Waals surface area contributed by atoms with Crippen LogP contribution in [0, 0.1) is 6.92 Å². The molecule has 0 bridgehead atoms. The van der Waals surface area contributed by atoms with Crippen molar-refractivity contribution in [3.63, 3.8) is 0 Å². The second-order valence-corrected chi connectivity index (χ2v) is 4.45. The zero-order chi connectivity index (χ0) is 11.7. The summed E-state index contributed by atoms with van der Waals surface area (Å²) >= 11 is 0. The van der Waals surface area contributed by atoms with Gasteiger partial charge < -0.3 is 9.84 Å². The third kappa shape index (κ3) is 2.08. The fourth-order valence-electron chi connectivity index (χ4n) is 2.34. The molecule has 0 aliphatic heterocycles. The molecule has 2 aromatic rings. The van der Waals surface area contributed by atoms with Crippen LogP contribution < -0.4 is 5.32 Å². The topological polar surface area (TPSA) is 51.0 Å². The van der Waals surface area contributed by atoms with Gasteiger partial charge >= 0.3 is 0 Å². The largest absolute Gasteiger partial charge is 0.361 e. The van der Waals surface area contributed by atoms with Crippen LogP contribution in [0.1, 0.15) is 35.2 Å². The molecule has 1 aliphatic rings. The molecule has 3 rings (SSSR count). The summed E-state index contributed by atoms with van der Waals surface area (Å²) in [5, 5.41) is 7.46. The lowest BCUT2D eigenvalue weighted by atomic mass is 10.2. The molecule has 2 aromatic heterocycles. The zero-order valence-electron chi connectivity index (χ0n) is 9.81. The van der Waals surface area contributed by atoms with Crippen molar-refractivity contribution in [2.45, 2.75) is 32.4 Å². The van der Waals surface area contributed by atoms with Crippen LogP contribution in [0.25, 0.3) is 0 Å². The second-order valence-electron chi connectivity index (χ2n) is 4.45. The highest BCUT2D eigenvalue weighted by Crippen LogP contribution is 2.28. The first-order valence-electron chi connectivity index (χ1n) is 5.92. The Balaban J connectivity index is 1.68. The summed E-state index contributed by atoms with van der Waals surface area (Å²) in [7, 11) is 0. The Hall–Kier alpha value is -1.68. The number of hydrogen-bond donors (Lipinski definition) is 1. The SMILES string of the molecule is Cc1cc(CNC2CCc3cccnc32)no1. The van der Waals surface area contributed by atoms with Gasteiger partial charge in [-0.15, -0.1) is 0 Å². The maximum Gasteiger partial charge on any atom is 0.133 e. The highest BCUT2D eigenvalue weighted by Gasteiger charge is 2.22. The normalized spacial score (nSPS) is 18.3. The van der Waals surface area contributed by atoms with E-state index in [9.17, 15) is 0 Å². The molecule has 0 amide bonds. The standard InChI is InChI=1S/C13H15N3O/c1-9-7-11(16-17-9)8-15-12-5-4-10-3-2-6-14-13(10)12/h2-3,6-7,12,15H,4-5,8H2,1H3. The number of fused-ring (bicyclic) bond motifs is 1. The first-order chi connectivity index (χ1) is 8.33. The van der Waals surface area contributed by atoms with Gasteiger partial charge in [0, 0.05) is 18.8 Å². The molecule has 4 heteroatoms. The highest BCUT2D eigenvalue weighted by atomic mass is 16.5. The summed E-state index contributed by atoms with van der Waals surface area (Å²) < 4.78 is 5.04. The molecule has 1 atom stereocenters. The van der Waals surface area contributed by atoms with E-state index in [0.29, 0.717) is 6.04 Å². The van der Waals surface area contributed by atoms with Crippen LogP contribution in [-0.2, 0) is 13.0 Å². The maximum atomic E-state index is 5.04. The van der Waals surface area contributed by atoms with Gasteiger partial charge in [0.25, 0.3) is 0 Å². The maximum absolute atomic E-state index is 5.04. The van der Waals surface area contributed by atoms with Crippen LogP contribution in [-0.4, -0.2) is 10.1 Å². The molecular weight excluding hydrogens is 214 g/mol. The predicted molar refractivity (Wildman–Crippen MR) is 63.4 cm³/mol. The second kappa shape index (κ2) is 4.30. The van der Waals surface area contributed by atoms with Crippen molar-refractivity contribution in [1.29, 1.82) is 0 Å². The van der Waals surface area contributed by atoms with Crippen molar-refractivity contribution in [2.75, 3.05) is 0 Å². The molecule has 1 N–H and O–H groups in total. The molecule has 4 nitrogen and oxygen atoms in total.